The molecule has 10 nitrogen and oxygen atoms in total. The molecule has 0 fully saturated rings. The molecular formula is C26H28FN5O5S. The quantitative estimate of drug-likeness (QED) is 0.208. The van der Waals surface area contributed by atoms with E-state index in [9.17, 15) is 12.8 Å². The first kappa shape index (κ1) is 26.9. The number of methoxy groups -OCH3 is 1. The number of rotatable bonds is 13. The molecule has 3 N–H and O–H groups in total. The van der Waals surface area contributed by atoms with Gasteiger partial charge in [-0.3, -0.25) is 9.82 Å². The van der Waals surface area contributed by atoms with E-state index < -0.39 is 10.0 Å². The summed E-state index contributed by atoms with van der Waals surface area (Å²) in [6, 6.07) is 18.1. The predicted octanol–water partition coefficient (Wildman–Crippen LogP) is 4.72. The van der Waals surface area contributed by atoms with E-state index in [1.807, 2.05) is 6.07 Å². The van der Waals surface area contributed by atoms with Gasteiger partial charge in [-0.15, -0.1) is 0 Å². The van der Waals surface area contributed by atoms with Gasteiger partial charge in [0.2, 0.25) is 15.9 Å². The number of aromatic amines is 1. The molecule has 0 saturated heterocycles. The molecule has 0 aliphatic heterocycles. The third-order valence-electron chi connectivity index (χ3n) is 5.34. The first-order chi connectivity index (χ1) is 18.3. The van der Waals surface area contributed by atoms with Crippen LogP contribution in [0, 0.1) is 5.82 Å². The van der Waals surface area contributed by atoms with Crippen LogP contribution in [0.15, 0.2) is 66.7 Å². The van der Waals surface area contributed by atoms with E-state index in [1.165, 1.54) is 12.1 Å². The molecule has 0 amide bonds. The summed E-state index contributed by atoms with van der Waals surface area (Å²) in [6.07, 6.45) is 0. The SMILES string of the molecule is CCS(=O)(=O)Nc1ccc(-c2cc(Nc3cccc(OCCOC)n3)n[nH]2)cc1OCc1ccc(F)cc1. The molecule has 38 heavy (non-hydrogen) atoms. The molecule has 0 spiro atoms. The minimum Gasteiger partial charge on any atom is -0.487 e. The Morgan fingerprint density at radius 2 is 1.79 bits per heavy atom. The number of hydrogen-bond acceptors (Lipinski definition) is 8. The molecule has 2 aromatic carbocycles. The van der Waals surface area contributed by atoms with E-state index in [1.54, 1.807) is 62.6 Å². The van der Waals surface area contributed by atoms with Crippen molar-refractivity contribution in [2.45, 2.75) is 13.5 Å². The van der Waals surface area contributed by atoms with Gasteiger partial charge < -0.3 is 19.5 Å². The lowest BCUT2D eigenvalue weighted by Gasteiger charge is -2.14. The molecule has 0 unspecified atom stereocenters. The molecule has 12 heteroatoms. The standard InChI is InChI=1S/C26H28FN5O5S/c1-3-38(33,34)32-21-12-9-19(15-23(21)37-17-18-7-10-20(27)11-8-18)22-16-25(31-30-22)28-24-5-4-6-26(29-24)36-14-13-35-2/h4-12,15-16,32H,3,13-14,17H2,1-2H3,(H2,28,29,30,31). The number of ether oxygens (including phenoxy) is 3. The number of aromatic nitrogens is 3. The van der Waals surface area contributed by atoms with Gasteiger partial charge in [-0.25, -0.2) is 12.8 Å². The molecule has 2 heterocycles. The van der Waals surface area contributed by atoms with Crippen molar-refractivity contribution in [2.24, 2.45) is 0 Å². The first-order valence-corrected chi connectivity index (χ1v) is 13.4. The van der Waals surface area contributed by atoms with Gasteiger partial charge in [0.15, 0.2) is 5.82 Å². The maximum Gasteiger partial charge on any atom is 0.232 e. The van der Waals surface area contributed by atoms with Crippen LogP contribution in [0.2, 0.25) is 0 Å². The average molecular weight is 542 g/mol. The summed E-state index contributed by atoms with van der Waals surface area (Å²) in [7, 11) is -1.94. The Kier molecular flexibility index (Phi) is 8.77. The predicted molar refractivity (Wildman–Crippen MR) is 143 cm³/mol. The highest BCUT2D eigenvalue weighted by Crippen LogP contribution is 2.33. The van der Waals surface area contributed by atoms with Crippen LogP contribution in [0.1, 0.15) is 12.5 Å². The Morgan fingerprint density at radius 1 is 0.974 bits per heavy atom. The van der Waals surface area contributed by atoms with Crippen molar-refractivity contribution >= 4 is 27.3 Å². The fourth-order valence-electron chi connectivity index (χ4n) is 3.33. The second-order valence-corrected chi connectivity index (χ2v) is 10.1. The molecule has 4 rings (SSSR count). The van der Waals surface area contributed by atoms with E-state index >= 15 is 0 Å². The van der Waals surface area contributed by atoms with Crippen molar-refractivity contribution < 1.29 is 27.0 Å². The Labute approximate surface area is 220 Å². The Hall–Kier alpha value is -4.16. The fraction of sp³-hybridized carbons (Fsp3) is 0.231. The number of pyridine rings is 1. The van der Waals surface area contributed by atoms with Crippen LogP contribution in [0.4, 0.5) is 21.7 Å². The summed E-state index contributed by atoms with van der Waals surface area (Å²) in [5.41, 5.74) is 2.40. The zero-order chi connectivity index (χ0) is 27.0. The minimum absolute atomic E-state index is 0.0889. The van der Waals surface area contributed by atoms with Gasteiger partial charge in [0.1, 0.15) is 30.6 Å². The molecule has 2 aromatic heterocycles. The summed E-state index contributed by atoms with van der Waals surface area (Å²) in [5.74, 6) is 1.40. The molecule has 4 aromatic rings. The molecule has 0 saturated carbocycles. The maximum absolute atomic E-state index is 13.3. The van der Waals surface area contributed by atoms with E-state index in [0.29, 0.717) is 53.4 Å². The number of anilines is 3. The first-order valence-electron chi connectivity index (χ1n) is 11.8. The van der Waals surface area contributed by atoms with Crippen molar-refractivity contribution in [3.63, 3.8) is 0 Å². The van der Waals surface area contributed by atoms with Crippen LogP contribution >= 0.6 is 0 Å². The maximum atomic E-state index is 13.3. The highest BCUT2D eigenvalue weighted by molar-refractivity contribution is 7.92. The van der Waals surface area contributed by atoms with Crippen molar-refractivity contribution in [1.29, 1.82) is 0 Å². The number of nitrogens with one attached hydrogen (secondary N) is 3. The molecule has 0 radical (unpaired) electrons. The van der Waals surface area contributed by atoms with Crippen molar-refractivity contribution in [1.82, 2.24) is 15.2 Å². The van der Waals surface area contributed by atoms with Crippen LogP contribution in [-0.4, -0.2) is 49.7 Å². The summed E-state index contributed by atoms with van der Waals surface area (Å²) >= 11 is 0. The number of hydrogen-bond donors (Lipinski definition) is 3. The van der Waals surface area contributed by atoms with Crippen LogP contribution in [0.3, 0.4) is 0 Å². The summed E-state index contributed by atoms with van der Waals surface area (Å²) in [6.45, 7) is 2.51. The second-order valence-electron chi connectivity index (χ2n) is 8.13. The monoisotopic (exact) mass is 541 g/mol. The molecule has 0 atom stereocenters. The molecule has 0 aliphatic carbocycles. The lowest BCUT2D eigenvalue weighted by molar-refractivity contribution is 0.144. The summed E-state index contributed by atoms with van der Waals surface area (Å²) in [4.78, 5) is 4.40. The Balaban J connectivity index is 1.53. The van der Waals surface area contributed by atoms with Gasteiger partial charge in [-0.1, -0.05) is 24.3 Å². The summed E-state index contributed by atoms with van der Waals surface area (Å²) < 4.78 is 56.7. The van der Waals surface area contributed by atoms with Crippen LogP contribution in [-0.2, 0) is 21.4 Å². The highest BCUT2D eigenvalue weighted by Gasteiger charge is 2.15. The number of halogens is 1. The zero-order valence-corrected chi connectivity index (χ0v) is 21.7. The zero-order valence-electron chi connectivity index (χ0n) is 20.9. The normalized spacial score (nSPS) is 11.2. The third kappa shape index (κ3) is 7.43. The Morgan fingerprint density at radius 3 is 2.55 bits per heavy atom. The van der Waals surface area contributed by atoms with Gasteiger partial charge in [0.25, 0.3) is 0 Å². The van der Waals surface area contributed by atoms with Gasteiger partial charge in [0.05, 0.1) is 23.7 Å². The average Bonchev–Trinajstić information content (AvgIpc) is 3.37. The van der Waals surface area contributed by atoms with E-state index in [-0.39, 0.29) is 18.2 Å². The summed E-state index contributed by atoms with van der Waals surface area (Å²) in [5, 5.41) is 10.4. The number of nitrogens with zero attached hydrogens (tertiary/aromatic N) is 2. The number of benzene rings is 2. The van der Waals surface area contributed by atoms with Gasteiger partial charge in [0, 0.05) is 24.8 Å². The topological polar surface area (TPSA) is 127 Å². The molecule has 0 aliphatic rings. The smallest absolute Gasteiger partial charge is 0.232 e. The van der Waals surface area contributed by atoms with Gasteiger partial charge >= 0.3 is 0 Å². The number of sulfonamides is 1. The Bertz CT molecular complexity index is 1460. The van der Waals surface area contributed by atoms with E-state index in [4.69, 9.17) is 14.2 Å². The minimum atomic E-state index is -3.54. The third-order valence-corrected chi connectivity index (χ3v) is 6.63. The van der Waals surface area contributed by atoms with Gasteiger partial charge in [-0.2, -0.15) is 10.1 Å². The van der Waals surface area contributed by atoms with Crippen molar-refractivity contribution in [2.75, 3.05) is 36.1 Å². The number of H-pyrrole nitrogens is 1. The highest BCUT2D eigenvalue weighted by atomic mass is 32.2. The second kappa shape index (κ2) is 12.4. The largest absolute Gasteiger partial charge is 0.487 e. The van der Waals surface area contributed by atoms with Crippen LogP contribution in [0.5, 0.6) is 11.6 Å². The van der Waals surface area contributed by atoms with Crippen molar-refractivity contribution in [3.8, 4) is 22.9 Å². The molecular weight excluding hydrogens is 513 g/mol. The lowest BCUT2D eigenvalue weighted by Crippen LogP contribution is -2.15. The van der Waals surface area contributed by atoms with Crippen molar-refractivity contribution in [3.05, 3.63) is 78.1 Å². The fourth-order valence-corrected chi connectivity index (χ4v) is 3.98. The molecule has 0 bridgehead atoms. The van der Waals surface area contributed by atoms with E-state index in [0.717, 1.165) is 5.56 Å². The van der Waals surface area contributed by atoms with Crippen LogP contribution in [0.25, 0.3) is 11.3 Å². The van der Waals surface area contributed by atoms with Crippen LogP contribution < -0.4 is 19.5 Å². The lowest BCUT2D eigenvalue weighted by atomic mass is 10.1. The van der Waals surface area contributed by atoms with Gasteiger partial charge in [-0.05, 0) is 42.8 Å². The van der Waals surface area contributed by atoms with E-state index in [2.05, 4.69) is 25.2 Å². The molecule has 200 valence electrons.